The van der Waals surface area contributed by atoms with Crippen molar-refractivity contribution in [2.75, 3.05) is 20.2 Å². The number of amides is 2. The topological polar surface area (TPSA) is 93.5 Å². The van der Waals surface area contributed by atoms with Crippen molar-refractivity contribution in [1.29, 1.82) is 0 Å². The molecule has 0 aliphatic carbocycles. The summed E-state index contributed by atoms with van der Waals surface area (Å²) in [7, 11) is 3.01. The second-order valence-corrected chi connectivity index (χ2v) is 6.85. The van der Waals surface area contributed by atoms with Gasteiger partial charge in [-0.15, -0.1) is 0 Å². The van der Waals surface area contributed by atoms with Gasteiger partial charge in [0.15, 0.2) is 5.69 Å². The number of carbonyl (C=O) groups is 3. The highest BCUT2D eigenvalue weighted by Gasteiger charge is 2.30. The monoisotopic (exact) mass is 384 g/mol. The summed E-state index contributed by atoms with van der Waals surface area (Å²) in [4.78, 5) is 38.4. The van der Waals surface area contributed by atoms with E-state index >= 15 is 0 Å². The van der Waals surface area contributed by atoms with Crippen molar-refractivity contribution in [2.45, 2.75) is 25.8 Å². The van der Waals surface area contributed by atoms with Crippen LogP contribution in [0.25, 0.3) is 11.1 Å². The molecule has 3 rings (SSSR count). The minimum absolute atomic E-state index is 0.0685. The third kappa shape index (κ3) is 4.05. The number of likely N-dealkylation sites (tertiary alicyclic amines) is 1. The Balaban J connectivity index is 1.78. The molecule has 1 aromatic heterocycles. The summed E-state index contributed by atoms with van der Waals surface area (Å²) in [5.74, 6) is -0.716. The van der Waals surface area contributed by atoms with E-state index in [2.05, 4.69) is 10.4 Å². The first-order valence-corrected chi connectivity index (χ1v) is 9.24. The predicted molar refractivity (Wildman–Crippen MR) is 103 cm³/mol. The molecule has 1 saturated heterocycles. The largest absolute Gasteiger partial charge is 0.464 e. The molecule has 28 heavy (non-hydrogen) atoms. The number of methoxy groups -OCH3 is 1. The van der Waals surface area contributed by atoms with Gasteiger partial charge in [0.2, 0.25) is 5.91 Å². The summed E-state index contributed by atoms with van der Waals surface area (Å²) in [5, 5.41) is 7.08. The summed E-state index contributed by atoms with van der Waals surface area (Å²) in [5.41, 5.74) is 1.93. The normalized spacial score (nSPS) is 16.3. The van der Waals surface area contributed by atoms with Crippen molar-refractivity contribution in [1.82, 2.24) is 20.0 Å². The van der Waals surface area contributed by atoms with Gasteiger partial charge in [-0.1, -0.05) is 19.1 Å². The van der Waals surface area contributed by atoms with Crippen LogP contribution in [0.15, 0.2) is 30.5 Å². The lowest BCUT2D eigenvalue weighted by Gasteiger charge is -2.16. The van der Waals surface area contributed by atoms with E-state index in [1.807, 2.05) is 13.0 Å². The van der Waals surface area contributed by atoms with Crippen molar-refractivity contribution < 1.29 is 19.1 Å². The highest BCUT2D eigenvalue weighted by molar-refractivity contribution is 5.98. The van der Waals surface area contributed by atoms with Gasteiger partial charge in [0.1, 0.15) is 0 Å². The van der Waals surface area contributed by atoms with Gasteiger partial charge in [0.25, 0.3) is 5.91 Å². The van der Waals surface area contributed by atoms with Crippen LogP contribution in [0.3, 0.4) is 0 Å². The van der Waals surface area contributed by atoms with Crippen LogP contribution >= 0.6 is 0 Å². The number of carbonyl (C=O) groups excluding carboxylic acids is 3. The number of aryl methyl sites for hydroxylation is 1. The summed E-state index contributed by atoms with van der Waals surface area (Å²) in [6.07, 6.45) is 2.92. The molecule has 0 radical (unpaired) electrons. The average Bonchev–Trinajstić information content (AvgIpc) is 3.24. The van der Waals surface area contributed by atoms with Crippen molar-refractivity contribution >= 4 is 17.8 Å². The van der Waals surface area contributed by atoms with E-state index in [1.54, 1.807) is 36.3 Å². The standard InChI is InChI=1S/C20H24N4O4/c1-4-8-24-11-15(10-17(24)25)21-19(26)14-7-5-6-13(9-14)16-12-23(2)22-18(16)20(27)28-3/h5-7,9,12,15H,4,8,10-11H2,1-3H3,(H,21,26)/t15-/m0/s1. The highest BCUT2D eigenvalue weighted by Crippen LogP contribution is 2.24. The fourth-order valence-corrected chi connectivity index (χ4v) is 3.40. The van der Waals surface area contributed by atoms with Crippen LogP contribution < -0.4 is 5.32 Å². The number of nitrogens with one attached hydrogen (secondary N) is 1. The van der Waals surface area contributed by atoms with Crippen molar-refractivity contribution in [3.8, 4) is 11.1 Å². The first kappa shape index (κ1) is 19.6. The average molecular weight is 384 g/mol. The summed E-state index contributed by atoms with van der Waals surface area (Å²) in [6, 6.07) is 6.77. The second kappa shape index (κ2) is 8.24. The molecule has 1 aliphatic rings. The van der Waals surface area contributed by atoms with E-state index in [9.17, 15) is 14.4 Å². The van der Waals surface area contributed by atoms with Gasteiger partial charge in [-0.2, -0.15) is 5.10 Å². The number of ether oxygens (including phenoxy) is 1. The summed E-state index contributed by atoms with van der Waals surface area (Å²) >= 11 is 0. The summed E-state index contributed by atoms with van der Waals surface area (Å²) < 4.78 is 6.32. The molecule has 1 N–H and O–H groups in total. The van der Waals surface area contributed by atoms with Crippen molar-refractivity contribution in [3.05, 3.63) is 41.7 Å². The SMILES string of the molecule is CCCN1C[C@@H](NC(=O)c2cccc(-c3cn(C)nc3C(=O)OC)c2)CC1=O. The van der Waals surface area contributed by atoms with E-state index in [0.29, 0.717) is 36.2 Å². The van der Waals surface area contributed by atoms with Crippen LogP contribution in [0.1, 0.15) is 40.6 Å². The zero-order valence-corrected chi connectivity index (χ0v) is 16.3. The number of hydrogen-bond donors (Lipinski definition) is 1. The molecule has 148 valence electrons. The summed E-state index contributed by atoms with van der Waals surface area (Å²) in [6.45, 7) is 3.26. The van der Waals surface area contributed by atoms with Crippen molar-refractivity contribution in [2.24, 2.45) is 7.05 Å². The number of nitrogens with zero attached hydrogens (tertiary/aromatic N) is 3. The molecule has 1 aromatic carbocycles. The first-order chi connectivity index (χ1) is 13.4. The Morgan fingerprint density at radius 3 is 2.86 bits per heavy atom. The van der Waals surface area contributed by atoms with E-state index in [4.69, 9.17) is 4.74 Å². The van der Waals surface area contributed by atoms with Gasteiger partial charge in [0, 0.05) is 43.9 Å². The maximum Gasteiger partial charge on any atom is 0.359 e. The van der Waals surface area contributed by atoms with Crippen LogP contribution in [0.4, 0.5) is 0 Å². The molecule has 1 atom stereocenters. The Morgan fingerprint density at radius 2 is 2.14 bits per heavy atom. The van der Waals surface area contributed by atoms with Crippen LogP contribution in [0, 0.1) is 0 Å². The van der Waals surface area contributed by atoms with E-state index in [1.165, 1.54) is 11.8 Å². The maximum absolute atomic E-state index is 12.7. The molecule has 0 unspecified atom stereocenters. The molecule has 1 aliphatic heterocycles. The lowest BCUT2D eigenvalue weighted by Crippen LogP contribution is -2.37. The third-order valence-electron chi connectivity index (χ3n) is 4.69. The molecule has 2 heterocycles. The molecular formula is C20H24N4O4. The van der Waals surface area contributed by atoms with Crippen molar-refractivity contribution in [3.63, 3.8) is 0 Å². The van der Waals surface area contributed by atoms with Crippen LogP contribution in [0.5, 0.6) is 0 Å². The van der Waals surface area contributed by atoms with Gasteiger partial charge in [0.05, 0.1) is 13.2 Å². The lowest BCUT2D eigenvalue weighted by molar-refractivity contribution is -0.127. The molecule has 1 fully saturated rings. The Bertz CT molecular complexity index is 905. The second-order valence-electron chi connectivity index (χ2n) is 6.85. The fourth-order valence-electron chi connectivity index (χ4n) is 3.40. The van der Waals surface area contributed by atoms with Gasteiger partial charge < -0.3 is 15.0 Å². The fraction of sp³-hybridized carbons (Fsp3) is 0.400. The minimum Gasteiger partial charge on any atom is -0.464 e. The molecule has 2 amide bonds. The molecule has 0 bridgehead atoms. The van der Waals surface area contributed by atoms with Crippen LogP contribution in [0.2, 0.25) is 0 Å². The zero-order chi connectivity index (χ0) is 20.3. The van der Waals surface area contributed by atoms with E-state index in [-0.39, 0.29) is 23.6 Å². The third-order valence-corrected chi connectivity index (χ3v) is 4.69. The molecular weight excluding hydrogens is 360 g/mol. The Morgan fingerprint density at radius 1 is 1.36 bits per heavy atom. The lowest BCUT2D eigenvalue weighted by atomic mass is 10.0. The number of esters is 1. The van der Waals surface area contributed by atoms with Gasteiger partial charge in [-0.25, -0.2) is 4.79 Å². The highest BCUT2D eigenvalue weighted by atomic mass is 16.5. The van der Waals surface area contributed by atoms with Crippen LogP contribution in [-0.2, 0) is 16.6 Å². The number of aromatic nitrogens is 2. The number of benzene rings is 1. The zero-order valence-electron chi connectivity index (χ0n) is 16.3. The van der Waals surface area contributed by atoms with E-state index < -0.39 is 5.97 Å². The molecule has 0 spiro atoms. The first-order valence-electron chi connectivity index (χ1n) is 9.24. The number of hydrogen-bond acceptors (Lipinski definition) is 5. The quantitative estimate of drug-likeness (QED) is 0.764. The predicted octanol–water partition coefficient (Wildman–Crippen LogP) is 1.61. The Hall–Kier alpha value is -3.16. The van der Waals surface area contributed by atoms with Gasteiger partial charge in [-0.3, -0.25) is 14.3 Å². The van der Waals surface area contributed by atoms with Gasteiger partial charge >= 0.3 is 5.97 Å². The molecule has 8 heteroatoms. The van der Waals surface area contributed by atoms with E-state index in [0.717, 1.165) is 6.42 Å². The number of rotatable bonds is 6. The maximum atomic E-state index is 12.7. The Kier molecular flexibility index (Phi) is 5.77. The smallest absolute Gasteiger partial charge is 0.359 e. The molecule has 0 saturated carbocycles. The molecule has 8 nitrogen and oxygen atoms in total. The minimum atomic E-state index is -0.536. The molecule has 2 aromatic rings. The van der Waals surface area contributed by atoms with Gasteiger partial charge in [-0.05, 0) is 24.1 Å². The van der Waals surface area contributed by atoms with Crippen LogP contribution in [-0.4, -0.2) is 58.7 Å². The Labute approximate surface area is 163 Å².